The fourth-order valence-corrected chi connectivity index (χ4v) is 3.61. The molecule has 2 unspecified atom stereocenters. The summed E-state index contributed by atoms with van der Waals surface area (Å²) in [5.74, 6) is 1.03. The molecule has 0 aliphatic carbocycles. The van der Waals surface area contributed by atoms with Gasteiger partial charge in [0.05, 0.1) is 0 Å². The lowest BCUT2D eigenvalue weighted by Crippen LogP contribution is -2.40. The van der Waals surface area contributed by atoms with Gasteiger partial charge in [0.15, 0.2) is 0 Å². The molecule has 2 fully saturated rings. The number of nitrogens with zero attached hydrogens (tertiary/aromatic N) is 1. The Morgan fingerprint density at radius 3 is 2.43 bits per heavy atom. The average Bonchev–Trinajstić information content (AvgIpc) is 2.60. The maximum absolute atomic E-state index is 11.7. The SMILES string of the molecule is CCNS(=O)(=O)N1CC2CNCC2C1. The highest BCUT2D eigenvalue weighted by atomic mass is 32.2. The molecule has 2 aliphatic rings. The normalized spacial score (nSPS) is 33.5. The highest BCUT2D eigenvalue weighted by molar-refractivity contribution is 7.87. The van der Waals surface area contributed by atoms with E-state index in [9.17, 15) is 8.42 Å². The van der Waals surface area contributed by atoms with Gasteiger partial charge in [0.25, 0.3) is 10.2 Å². The maximum atomic E-state index is 11.7. The number of nitrogens with one attached hydrogen (secondary N) is 2. The second-order valence-corrected chi connectivity index (χ2v) is 5.75. The molecule has 82 valence electrons. The van der Waals surface area contributed by atoms with Crippen LogP contribution in [-0.4, -0.2) is 45.4 Å². The van der Waals surface area contributed by atoms with Crippen molar-refractivity contribution in [2.45, 2.75) is 6.92 Å². The van der Waals surface area contributed by atoms with E-state index in [1.54, 1.807) is 11.2 Å². The standard InChI is InChI=1S/C8H17N3O2S/c1-2-10-14(12,13)11-5-7-3-9-4-8(7)6-11/h7-10H,2-6H2,1H3. The monoisotopic (exact) mass is 219 g/mol. The third-order valence-electron chi connectivity index (χ3n) is 3.02. The van der Waals surface area contributed by atoms with Crippen molar-refractivity contribution in [3.8, 4) is 0 Å². The highest BCUT2D eigenvalue weighted by Crippen LogP contribution is 2.27. The quantitative estimate of drug-likeness (QED) is 0.639. The van der Waals surface area contributed by atoms with E-state index in [2.05, 4.69) is 10.0 Å². The first-order chi connectivity index (χ1) is 6.63. The van der Waals surface area contributed by atoms with E-state index >= 15 is 0 Å². The first kappa shape index (κ1) is 10.4. The molecule has 0 spiro atoms. The fourth-order valence-electron chi connectivity index (χ4n) is 2.28. The molecule has 5 nitrogen and oxygen atoms in total. The molecule has 2 aliphatic heterocycles. The van der Waals surface area contributed by atoms with Crippen LogP contribution in [-0.2, 0) is 10.2 Å². The minimum absolute atomic E-state index is 0.465. The second kappa shape index (κ2) is 3.77. The van der Waals surface area contributed by atoms with Crippen LogP contribution < -0.4 is 10.0 Å². The number of hydrogen-bond acceptors (Lipinski definition) is 3. The van der Waals surface area contributed by atoms with Crippen molar-refractivity contribution in [3.05, 3.63) is 0 Å². The van der Waals surface area contributed by atoms with E-state index in [1.165, 1.54) is 0 Å². The van der Waals surface area contributed by atoms with Crippen LogP contribution in [0.1, 0.15) is 6.92 Å². The van der Waals surface area contributed by atoms with E-state index in [1.807, 2.05) is 0 Å². The van der Waals surface area contributed by atoms with Crippen molar-refractivity contribution in [1.29, 1.82) is 0 Å². The lowest BCUT2D eigenvalue weighted by atomic mass is 10.0. The van der Waals surface area contributed by atoms with E-state index in [4.69, 9.17) is 0 Å². The Morgan fingerprint density at radius 1 is 1.36 bits per heavy atom. The summed E-state index contributed by atoms with van der Waals surface area (Å²) in [6.07, 6.45) is 0. The smallest absolute Gasteiger partial charge is 0.279 e. The minimum atomic E-state index is -3.20. The van der Waals surface area contributed by atoms with Crippen molar-refractivity contribution in [3.63, 3.8) is 0 Å². The first-order valence-electron chi connectivity index (χ1n) is 5.09. The van der Waals surface area contributed by atoms with E-state index < -0.39 is 10.2 Å². The van der Waals surface area contributed by atoms with Gasteiger partial charge in [0.2, 0.25) is 0 Å². The van der Waals surface area contributed by atoms with Gasteiger partial charge in [0.1, 0.15) is 0 Å². The summed E-state index contributed by atoms with van der Waals surface area (Å²) < 4.78 is 27.4. The number of fused-ring (bicyclic) bond motifs is 1. The zero-order valence-electron chi connectivity index (χ0n) is 8.36. The molecule has 0 aromatic carbocycles. The molecule has 0 saturated carbocycles. The summed E-state index contributed by atoms with van der Waals surface area (Å²) in [5, 5.41) is 3.29. The summed E-state index contributed by atoms with van der Waals surface area (Å²) >= 11 is 0. The zero-order valence-corrected chi connectivity index (χ0v) is 9.18. The Labute approximate surface area is 85.0 Å². The summed E-state index contributed by atoms with van der Waals surface area (Å²) in [6, 6.07) is 0. The van der Waals surface area contributed by atoms with Crippen molar-refractivity contribution in [2.24, 2.45) is 11.8 Å². The van der Waals surface area contributed by atoms with Crippen molar-refractivity contribution in [1.82, 2.24) is 14.3 Å². The number of hydrogen-bond donors (Lipinski definition) is 2. The largest absolute Gasteiger partial charge is 0.316 e. The summed E-state index contributed by atoms with van der Waals surface area (Å²) in [4.78, 5) is 0. The van der Waals surface area contributed by atoms with Crippen LogP contribution in [0.5, 0.6) is 0 Å². The fraction of sp³-hybridized carbons (Fsp3) is 1.00. The van der Waals surface area contributed by atoms with Crippen LogP contribution in [0.25, 0.3) is 0 Å². The van der Waals surface area contributed by atoms with Gasteiger partial charge in [-0.25, -0.2) is 4.72 Å². The Bertz CT molecular complexity index is 292. The predicted molar refractivity (Wildman–Crippen MR) is 54.0 cm³/mol. The van der Waals surface area contributed by atoms with Crippen LogP contribution in [0.3, 0.4) is 0 Å². The molecule has 2 atom stereocenters. The van der Waals surface area contributed by atoms with E-state index in [0.29, 0.717) is 31.5 Å². The minimum Gasteiger partial charge on any atom is -0.316 e. The second-order valence-electron chi connectivity index (χ2n) is 4.00. The molecule has 2 rings (SSSR count). The summed E-state index contributed by atoms with van der Waals surface area (Å²) in [7, 11) is -3.20. The van der Waals surface area contributed by atoms with Gasteiger partial charge >= 0.3 is 0 Å². The van der Waals surface area contributed by atoms with Crippen molar-refractivity contribution in [2.75, 3.05) is 32.7 Å². The molecule has 0 aromatic rings. The molecule has 0 amide bonds. The van der Waals surface area contributed by atoms with E-state index in [-0.39, 0.29) is 0 Å². The van der Waals surface area contributed by atoms with Crippen LogP contribution in [0.4, 0.5) is 0 Å². The Balaban J connectivity index is 2.02. The molecular formula is C8H17N3O2S. The van der Waals surface area contributed by atoms with Gasteiger partial charge in [0, 0.05) is 19.6 Å². The van der Waals surface area contributed by atoms with Gasteiger partial charge < -0.3 is 5.32 Å². The molecule has 2 heterocycles. The third kappa shape index (κ3) is 1.79. The molecule has 0 bridgehead atoms. The van der Waals surface area contributed by atoms with Gasteiger partial charge in [-0.05, 0) is 24.9 Å². The van der Waals surface area contributed by atoms with Gasteiger partial charge in [-0.3, -0.25) is 0 Å². The Morgan fingerprint density at radius 2 is 1.93 bits per heavy atom. The highest BCUT2D eigenvalue weighted by Gasteiger charge is 2.40. The predicted octanol–water partition coefficient (Wildman–Crippen LogP) is -1.01. The first-order valence-corrected chi connectivity index (χ1v) is 6.53. The molecule has 0 radical (unpaired) electrons. The van der Waals surface area contributed by atoms with Gasteiger partial charge in [-0.15, -0.1) is 0 Å². The zero-order chi connectivity index (χ0) is 10.2. The van der Waals surface area contributed by atoms with Crippen molar-refractivity contribution < 1.29 is 8.42 Å². The topological polar surface area (TPSA) is 61.4 Å². The van der Waals surface area contributed by atoms with Gasteiger partial charge in [-0.1, -0.05) is 6.92 Å². The van der Waals surface area contributed by atoms with Crippen molar-refractivity contribution >= 4 is 10.2 Å². The van der Waals surface area contributed by atoms with Crippen LogP contribution >= 0.6 is 0 Å². The summed E-state index contributed by atoms with van der Waals surface area (Å²) in [5.41, 5.74) is 0. The molecule has 0 aromatic heterocycles. The number of rotatable bonds is 3. The molecular weight excluding hydrogens is 202 g/mol. The molecule has 2 saturated heterocycles. The summed E-state index contributed by atoms with van der Waals surface area (Å²) in [6.45, 7) is 5.54. The van der Waals surface area contributed by atoms with Crippen LogP contribution in [0.2, 0.25) is 0 Å². The third-order valence-corrected chi connectivity index (χ3v) is 4.65. The molecule has 2 N–H and O–H groups in total. The average molecular weight is 219 g/mol. The van der Waals surface area contributed by atoms with Gasteiger partial charge in [-0.2, -0.15) is 12.7 Å². The molecule has 6 heteroatoms. The van der Waals surface area contributed by atoms with Crippen LogP contribution in [0.15, 0.2) is 0 Å². The molecule has 14 heavy (non-hydrogen) atoms. The lowest BCUT2D eigenvalue weighted by Gasteiger charge is -2.16. The lowest BCUT2D eigenvalue weighted by molar-refractivity contribution is 0.439. The maximum Gasteiger partial charge on any atom is 0.279 e. The Hall–Kier alpha value is -0.170. The Kier molecular flexibility index (Phi) is 2.79. The van der Waals surface area contributed by atoms with E-state index in [0.717, 1.165) is 13.1 Å². The van der Waals surface area contributed by atoms with Crippen LogP contribution in [0, 0.1) is 11.8 Å².